The number of carbonyl (C=O) groups is 2. The van der Waals surface area contributed by atoms with Crippen molar-refractivity contribution in [2.24, 2.45) is 17.3 Å². The summed E-state index contributed by atoms with van der Waals surface area (Å²) in [7, 11) is 1.76. The number of rotatable bonds is 7. The Morgan fingerprint density at radius 2 is 1.89 bits per heavy atom. The smallest absolute Gasteiger partial charge is 0.410 e. The number of likely N-dealkylation sites (tertiary alicyclic amines) is 2. The van der Waals surface area contributed by atoms with Crippen molar-refractivity contribution in [1.29, 1.82) is 0 Å². The molecule has 3 aliphatic rings. The van der Waals surface area contributed by atoms with Crippen LogP contribution in [0.4, 0.5) is 9.18 Å². The summed E-state index contributed by atoms with van der Waals surface area (Å²) < 4.78 is 22.0. The van der Waals surface area contributed by atoms with Crippen LogP contribution in [0.3, 0.4) is 0 Å². The predicted octanol–water partition coefficient (Wildman–Crippen LogP) is 6.46. The highest BCUT2D eigenvalue weighted by atomic mass is 19.1. The second-order valence-corrected chi connectivity index (χ2v) is 15.3. The van der Waals surface area contributed by atoms with Gasteiger partial charge in [-0.3, -0.25) is 9.78 Å². The number of pyridine rings is 1. The van der Waals surface area contributed by atoms with E-state index in [-0.39, 0.29) is 18.0 Å². The molecule has 2 amide bonds. The summed E-state index contributed by atoms with van der Waals surface area (Å²) in [6.07, 6.45) is 10.2. The van der Waals surface area contributed by atoms with E-state index < -0.39 is 11.4 Å². The van der Waals surface area contributed by atoms with Gasteiger partial charge in [0, 0.05) is 62.5 Å². The number of hydrogen-bond donors (Lipinski definition) is 0. The van der Waals surface area contributed by atoms with Crippen LogP contribution in [0.15, 0.2) is 36.8 Å². The van der Waals surface area contributed by atoms with Gasteiger partial charge in [-0.05, 0) is 115 Å². The van der Waals surface area contributed by atoms with E-state index >= 15 is 0 Å². The molecule has 0 unspecified atom stereocenters. The second-order valence-electron chi connectivity index (χ2n) is 15.3. The minimum atomic E-state index is -0.452. The zero-order chi connectivity index (χ0) is 32.3. The SMILES string of the molecule is Cc1cncc2c1c(C[C@H]1CCN(CC3CC4(C3)CN(C(=O)OC(C)(C)C)C4)C1)cn2-c1ccc(F)cc1C(=O)N(C)C(C)C. The molecule has 2 aliphatic heterocycles. The molecule has 2 aromatic heterocycles. The third-order valence-electron chi connectivity index (χ3n) is 10.1. The minimum Gasteiger partial charge on any atom is -0.444 e. The highest BCUT2D eigenvalue weighted by molar-refractivity contribution is 5.99. The van der Waals surface area contributed by atoms with Gasteiger partial charge in [0.2, 0.25) is 0 Å². The number of hydrogen-bond acceptors (Lipinski definition) is 5. The first kappa shape index (κ1) is 31.5. The van der Waals surface area contributed by atoms with Crippen LogP contribution >= 0.6 is 0 Å². The fraction of sp³-hybridized carbons (Fsp3) is 0.583. The maximum atomic E-state index is 14.4. The molecule has 1 saturated carbocycles. The Morgan fingerprint density at radius 1 is 1.16 bits per heavy atom. The van der Waals surface area contributed by atoms with Crippen LogP contribution in [0.5, 0.6) is 0 Å². The lowest BCUT2D eigenvalue weighted by Gasteiger charge is -2.59. The third-order valence-corrected chi connectivity index (χ3v) is 10.1. The number of halogens is 1. The molecule has 2 saturated heterocycles. The fourth-order valence-electron chi connectivity index (χ4n) is 7.80. The van der Waals surface area contributed by atoms with Crippen molar-refractivity contribution in [1.82, 2.24) is 24.3 Å². The lowest BCUT2D eigenvalue weighted by atomic mass is 9.57. The fourth-order valence-corrected chi connectivity index (χ4v) is 7.80. The Balaban J connectivity index is 1.12. The van der Waals surface area contributed by atoms with Gasteiger partial charge in [0.25, 0.3) is 5.91 Å². The highest BCUT2D eigenvalue weighted by Crippen LogP contribution is 2.52. The van der Waals surface area contributed by atoms with E-state index in [0.717, 1.165) is 56.6 Å². The van der Waals surface area contributed by atoms with Crippen molar-refractivity contribution < 1.29 is 18.7 Å². The maximum absolute atomic E-state index is 14.4. The van der Waals surface area contributed by atoms with E-state index in [4.69, 9.17) is 4.74 Å². The van der Waals surface area contributed by atoms with E-state index in [1.54, 1.807) is 18.0 Å². The van der Waals surface area contributed by atoms with E-state index in [2.05, 4.69) is 23.0 Å². The van der Waals surface area contributed by atoms with E-state index in [1.807, 2.05) is 56.5 Å². The van der Waals surface area contributed by atoms with Gasteiger partial charge in [0.15, 0.2) is 0 Å². The number of carbonyl (C=O) groups excluding carboxylic acids is 2. The monoisotopic (exact) mass is 617 g/mol. The number of aryl methyl sites for hydroxylation is 1. The van der Waals surface area contributed by atoms with Gasteiger partial charge >= 0.3 is 6.09 Å². The van der Waals surface area contributed by atoms with Gasteiger partial charge < -0.3 is 24.0 Å². The Bertz CT molecular complexity index is 1590. The molecule has 0 bridgehead atoms. The zero-order valence-corrected chi connectivity index (χ0v) is 27.9. The summed E-state index contributed by atoms with van der Waals surface area (Å²) >= 11 is 0. The molecule has 3 aromatic rings. The molecule has 1 aromatic carbocycles. The first-order chi connectivity index (χ1) is 21.2. The first-order valence-electron chi connectivity index (χ1n) is 16.4. The van der Waals surface area contributed by atoms with Gasteiger partial charge in [0.1, 0.15) is 11.4 Å². The molecule has 8 nitrogen and oxygen atoms in total. The van der Waals surface area contributed by atoms with E-state index in [0.29, 0.717) is 28.5 Å². The molecule has 242 valence electrons. The molecular weight excluding hydrogens is 569 g/mol. The van der Waals surface area contributed by atoms with Crippen molar-refractivity contribution in [2.75, 3.05) is 39.8 Å². The summed E-state index contributed by atoms with van der Waals surface area (Å²) in [6, 6.07) is 4.48. The van der Waals surface area contributed by atoms with Crippen molar-refractivity contribution in [3.8, 4) is 5.69 Å². The number of amides is 2. The molecule has 4 heterocycles. The largest absolute Gasteiger partial charge is 0.444 e. The summed E-state index contributed by atoms with van der Waals surface area (Å²) in [5.41, 5.74) is 4.16. The minimum absolute atomic E-state index is 0.00840. The Labute approximate surface area is 266 Å². The number of aromatic nitrogens is 2. The van der Waals surface area contributed by atoms with Crippen LogP contribution in [0.2, 0.25) is 0 Å². The van der Waals surface area contributed by atoms with Crippen molar-refractivity contribution in [2.45, 2.75) is 78.9 Å². The molecule has 1 aliphatic carbocycles. The summed E-state index contributed by atoms with van der Waals surface area (Å²) in [5, 5.41) is 1.17. The summed E-state index contributed by atoms with van der Waals surface area (Å²) in [6.45, 7) is 16.7. The second kappa shape index (κ2) is 11.7. The van der Waals surface area contributed by atoms with Gasteiger partial charge in [-0.15, -0.1) is 0 Å². The van der Waals surface area contributed by atoms with Gasteiger partial charge in [-0.2, -0.15) is 0 Å². The first-order valence-corrected chi connectivity index (χ1v) is 16.4. The Morgan fingerprint density at radius 3 is 2.58 bits per heavy atom. The number of benzene rings is 1. The Hall–Kier alpha value is -3.46. The third kappa shape index (κ3) is 6.33. The molecule has 1 spiro atoms. The maximum Gasteiger partial charge on any atom is 0.410 e. The van der Waals surface area contributed by atoms with Crippen LogP contribution in [0.1, 0.15) is 75.4 Å². The van der Waals surface area contributed by atoms with Gasteiger partial charge in [0.05, 0.1) is 23.0 Å². The predicted molar refractivity (Wildman–Crippen MR) is 174 cm³/mol. The molecule has 0 N–H and O–H groups in total. The Kier molecular flexibility index (Phi) is 8.21. The lowest BCUT2D eigenvalue weighted by Crippen LogP contribution is -2.65. The molecular formula is C36H48FN5O3. The lowest BCUT2D eigenvalue weighted by molar-refractivity contribution is -0.0994. The normalized spacial score (nSPS) is 20.1. The number of nitrogens with zero attached hydrogens (tertiary/aromatic N) is 5. The van der Waals surface area contributed by atoms with Crippen LogP contribution < -0.4 is 0 Å². The molecule has 1 atom stereocenters. The van der Waals surface area contributed by atoms with Crippen molar-refractivity contribution >= 4 is 22.9 Å². The summed E-state index contributed by atoms with van der Waals surface area (Å²) in [4.78, 5) is 36.4. The van der Waals surface area contributed by atoms with Gasteiger partial charge in [-0.1, -0.05) is 0 Å². The van der Waals surface area contributed by atoms with Crippen molar-refractivity contribution in [3.05, 3.63) is 59.3 Å². The zero-order valence-electron chi connectivity index (χ0n) is 27.9. The van der Waals surface area contributed by atoms with E-state index in [9.17, 15) is 14.0 Å². The van der Waals surface area contributed by atoms with Crippen LogP contribution in [-0.2, 0) is 11.2 Å². The summed E-state index contributed by atoms with van der Waals surface area (Å²) in [5.74, 6) is 0.607. The molecule has 6 rings (SSSR count). The quantitative estimate of drug-likeness (QED) is 0.304. The number of ether oxygens (including phenoxy) is 1. The highest BCUT2D eigenvalue weighted by Gasteiger charge is 2.54. The van der Waals surface area contributed by atoms with Gasteiger partial charge in [-0.25, -0.2) is 9.18 Å². The average molecular weight is 618 g/mol. The van der Waals surface area contributed by atoms with Crippen LogP contribution in [0, 0.1) is 30.0 Å². The average Bonchev–Trinajstić information content (AvgIpc) is 3.52. The van der Waals surface area contributed by atoms with Crippen LogP contribution in [-0.4, -0.2) is 87.7 Å². The molecule has 3 fully saturated rings. The van der Waals surface area contributed by atoms with E-state index in [1.165, 1.54) is 35.9 Å². The van der Waals surface area contributed by atoms with Crippen molar-refractivity contribution in [3.63, 3.8) is 0 Å². The standard InChI is InChI=1S/C36H48FN5O3/c1-23(2)39(7)33(43)29-13-28(37)8-9-30(29)42-20-27(32-24(3)16-38-17-31(32)42)12-25-10-11-40(18-25)19-26-14-36(15-26)21-41(22-36)34(44)45-35(4,5)6/h8-9,13,16-17,20,23,25-26H,10-12,14-15,18-19,21-22H2,1-7H3/t25-/m1/s1. The molecule has 45 heavy (non-hydrogen) atoms. The molecule has 0 radical (unpaired) electrons. The number of fused-ring (bicyclic) bond motifs is 1. The topological polar surface area (TPSA) is 70.9 Å². The molecule has 9 heteroatoms. The van der Waals surface area contributed by atoms with Crippen LogP contribution in [0.25, 0.3) is 16.6 Å².